The van der Waals surface area contributed by atoms with Gasteiger partial charge in [-0.25, -0.2) is 9.37 Å². The van der Waals surface area contributed by atoms with E-state index in [0.717, 1.165) is 16.6 Å². The van der Waals surface area contributed by atoms with E-state index >= 15 is 0 Å². The average molecular weight is 451 g/mol. The van der Waals surface area contributed by atoms with Crippen LogP contribution in [0.5, 0.6) is 5.75 Å². The third kappa shape index (κ3) is 4.60. The Morgan fingerprint density at radius 1 is 1.19 bits per heavy atom. The molecule has 1 amide bonds. The molecule has 32 heavy (non-hydrogen) atoms. The van der Waals surface area contributed by atoms with Gasteiger partial charge < -0.3 is 14.6 Å². The predicted octanol–water partition coefficient (Wildman–Crippen LogP) is 5.46. The fourth-order valence-electron chi connectivity index (χ4n) is 3.50. The van der Waals surface area contributed by atoms with Crippen LogP contribution in [0.15, 0.2) is 72.1 Å². The lowest BCUT2D eigenvalue weighted by Crippen LogP contribution is -2.26. The van der Waals surface area contributed by atoms with Gasteiger partial charge in [0, 0.05) is 11.9 Å². The summed E-state index contributed by atoms with van der Waals surface area (Å²) in [6, 6.07) is 15.0. The second kappa shape index (κ2) is 9.82. The van der Waals surface area contributed by atoms with Crippen LogP contribution in [0.4, 0.5) is 10.1 Å². The molecule has 1 atom stereocenters. The molecule has 8 heteroatoms. The quantitative estimate of drug-likeness (QED) is 0.361. The van der Waals surface area contributed by atoms with E-state index in [1.807, 2.05) is 29.7 Å². The Labute approximate surface area is 189 Å². The monoisotopic (exact) mass is 450 g/mol. The van der Waals surface area contributed by atoms with Crippen LogP contribution >= 0.6 is 11.8 Å². The number of para-hydroxylation sites is 2. The number of benzene rings is 2. The molecule has 1 N–H and O–H groups in total. The van der Waals surface area contributed by atoms with Gasteiger partial charge in [0.25, 0.3) is 0 Å². The molecule has 0 saturated heterocycles. The zero-order chi connectivity index (χ0) is 22.5. The van der Waals surface area contributed by atoms with E-state index in [1.54, 1.807) is 43.8 Å². The number of methoxy groups -OCH3 is 1. The molecule has 2 aromatic heterocycles. The number of aromatic nitrogens is 3. The molecule has 1 unspecified atom stereocenters. The van der Waals surface area contributed by atoms with E-state index in [-0.39, 0.29) is 11.7 Å². The summed E-state index contributed by atoms with van der Waals surface area (Å²) in [6.45, 7) is 1.96. The lowest BCUT2D eigenvalue weighted by molar-refractivity contribution is -0.119. The molecule has 0 aliphatic carbocycles. The van der Waals surface area contributed by atoms with E-state index < -0.39 is 6.04 Å². The van der Waals surface area contributed by atoms with Gasteiger partial charge in [-0.2, -0.15) is 0 Å². The van der Waals surface area contributed by atoms with E-state index in [2.05, 4.69) is 10.3 Å². The van der Waals surface area contributed by atoms with Crippen molar-refractivity contribution in [3.63, 3.8) is 0 Å². The van der Waals surface area contributed by atoms with Crippen LogP contribution in [0.1, 0.15) is 24.9 Å². The summed E-state index contributed by atoms with van der Waals surface area (Å²) < 4.78 is 20.5. The summed E-state index contributed by atoms with van der Waals surface area (Å²) in [5.74, 6) is 0.764. The number of thioether (sulfide) groups is 1. The second-order valence-corrected chi connectivity index (χ2v) is 8.10. The summed E-state index contributed by atoms with van der Waals surface area (Å²) in [6.07, 6.45) is 3.97. The molecule has 4 aromatic rings. The van der Waals surface area contributed by atoms with Crippen molar-refractivity contribution in [2.75, 3.05) is 12.4 Å². The molecule has 0 radical (unpaired) electrons. The normalized spacial score (nSPS) is 12.0. The van der Waals surface area contributed by atoms with Crippen molar-refractivity contribution in [2.24, 2.45) is 0 Å². The standard InChI is InChI=1S/C24H23FN4O2S/c1-3-20(23(30)27-19-6-4-5-7-22(19)31-2)29-21-14-26-13-12-18(21)28-24(29)32-15-16-8-10-17(25)11-9-16/h4-14,20H,3,15H2,1-2H3,(H,27,30). The van der Waals surface area contributed by atoms with Gasteiger partial charge >= 0.3 is 0 Å². The molecule has 0 bridgehead atoms. The number of carbonyl (C=O) groups excluding carboxylic acids is 1. The molecule has 6 nitrogen and oxygen atoms in total. The van der Waals surface area contributed by atoms with Gasteiger partial charge in [0.2, 0.25) is 5.91 Å². The Hall–Kier alpha value is -3.39. The van der Waals surface area contributed by atoms with Gasteiger partial charge in [0.15, 0.2) is 5.16 Å². The Balaban J connectivity index is 1.66. The lowest BCUT2D eigenvalue weighted by Gasteiger charge is -2.20. The second-order valence-electron chi connectivity index (χ2n) is 7.16. The topological polar surface area (TPSA) is 69.0 Å². The van der Waals surface area contributed by atoms with Gasteiger partial charge in [-0.15, -0.1) is 0 Å². The fraction of sp³-hybridized carbons (Fsp3) is 0.208. The van der Waals surface area contributed by atoms with Gasteiger partial charge in [0.05, 0.1) is 30.0 Å². The predicted molar refractivity (Wildman–Crippen MR) is 124 cm³/mol. The molecule has 4 rings (SSSR count). The van der Waals surface area contributed by atoms with Crippen molar-refractivity contribution < 1.29 is 13.9 Å². The molecule has 0 saturated carbocycles. The molecule has 2 heterocycles. The Bertz CT molecular complexity index is 1230. The summed E-state index contributed by atoms with van der Waals surface area (Å²) in [5.41, 5.74) is 3.14. The van der Waals surface area contributed by atoms with Gasteiger partial charge in [0.1, 0.15) is 17.6 Å². The molecule has 0 aliphatic rings. The first-order valence-electron chi connectivity index (χ1n) is 10.2. The number of carbonyl (C=O) groups is 1. The molecule has 0 spiro atoms. The number of nitrogens with one attached hydrogen (secondary N) is 1. The van der Waals surface area contributed by atoms with Crippen molar-refractivity contribution in [1.82, 2.24) is 14.5 Å². The minimum atomic E-state index is -0.496. The first-order valence-corrected chi connectivity index (χ1v) is 11.2. The average Bonchev–Trinajstić information content (AvgIpc) is 3.18. The summed E-state index contributed by atoms with van der Waals surface area (Å²) >= 11 is 1.50. The van der Waals surface area contributed by atoms with Crippen LogP contribution < -0.4 is 10.1 Å². The highest BCUT2D eigenvalue weighted by atomic mass is 32.2. The highest BCUT2D eigenvalue weighted by molar-refractivity contribution is 7.98. The molecular formula is C24H23FN4O2S. The maximum atomic E-state index is 13.3. The van der Waals surface area contributed by atoms with Crippen LogP contribution in [0.25, 0.3) is 11.0 Å². The number of imidazole rings is 1. The van der Waals surface area contributed by atoms with Crippen molar-refractivity contribution in [1.29, 1.82) is 0 Å². The Morgan fingerprint density at radius 2 is 1.97 bits per heavy atom. The zero-order valence-electron chi connectivity index (χ0n) is 17.8. The maximum absolute atomic E-state index is 13.3. The number of rotatable bonds is 8. The minimum absolute atomic E-state index is 0.163. The van der Waals surface area contributed by atoms with Gasteiger partial charge in [-0.3, -0.25) is 9.78 Å². The largest absolute Gasteiger partial charge is 0.495 e. The van der Waals surface area contributed by atoms with Crippen molar-refractivity contribution in [3.8, 4) is 5.75 Å². The summed E-state index contributed by atoms with van der Waals surface area (Å²) in [4.78, 5) is 22.3. The molecule has 2 aromatic carbocycles. The van der Waals surface area contributed by atoms with E-state index in [9.17, 15) is 9.18 Å². The SMILES string of the molecule is CCC(C(=O)Nc1ccccc1OC)n1c(SCc2ccc(F)cc2)nc2ccncc21. The zero-order valence-corrected chi connectivity index (χ0v) is 18.6. The van der Waals surface area contributed by atoms with E-state index in [0.29, 0.717) is 28.8 Å². The fourth-order valence-corrected chi connectivity index (χ4v) is 4.52. The van der Waals surface area contributed by atoms with Crippen LogP contribution in [0.2, 0.25) is 0 Å². The van der Waals surface area contributed by atoms with Crippen LogP contribution in [-0.4, -0.2) is 27.6 Å². The maximum Gasteiger partial charge on any atom is 0.247 e. The summed E-state index contributed by atoms with van der Waals surface area (Å²) in [7, 11) is 1.57. The first kappa shape index (κ1) is 21.8. The van der Waals surface area contributed by atoms with Gasteiger partial charge in [-0.05, 0) is 42.3 Å². The van der Waals surface area contributed by atoms with E-state index in [4.69, 9.17) is 9.72 Å². The van der Waals surface area contributed by atoms with Crippen LogP contribution in [0.3, 0.4) is 0 Å². The van der Waals surface area contributed by atoms with Gasteiger partial charge in [-0.1, -0.05) is 43.0 Å². The Kier molecular flexibility index (Phi) is 6.70. The number of pyridine rings is 1. The number of fused-ring (bicyclic) bond motifs is 1. The molecule has 0 aliphatic heterocycles. The van der Waals surface area contributed by atoms with E-state index in [1.165, 1.54) is 23.9 Å². The lowest BCUT2D eigenvalue weighted by atomic mass is 10.2. The molecule has 164 valence electrons. The number of amides is 1. The highest BCUT2D eigenvalue weighted by Crippen LogP contribution is 2.32. The number of hydrogen-bond acceptors (Lipinski definition) is 5. The number of halogens is 1. The number of hydrogen-bond donors (Lipinski definition) is 1. The van der Waals surface area contributed by atoms with Crippen LogP contribution in [-0.2, 0) is 10.5 Å². The number of nitrogens with zero attached hydrogens (tertiary/aromatic N) is 3. The molecule has 0 fully saturated rings. The number of anilines is 1. The first-order chi connectivity index (χ1) is 15.6. The third-order valence-electron chi connectivity index (χ3n) is 5.11. The van der Waals surface area contributed by atoms with Crippen molar-refractivity contribution in [2.45, 2.75) is 30.3 Å². The van der Waals surface area contributed by atoms with Crippen molar-refractivity contribution >= 4 is 34.4 Å². The summed E-state index contributed by atoms with van der Waals surface area (Å²) in [5, 5.41) is 3.70. The number of ether oxygens (including phenoxy) is 1. The highest BCUT2D eigenvalue weighted by Gasteiger charge is 2.25. The third-order valence-corrected chi connectivity index (χ3v) is 6.13. The smallest absolute Gasteiger partial charge is 0.247 e. The van der Waals surface area contributed by atoms with Crippen molar-refractivity contribution in [3.05, 3.63) is 78.4 Å². The van der Waals surface area contributed by atoms with Crippen LogP contribution in [0, 0.1) is 5.82 Å². The molecular weight excluding hydrogens is 427 g/mol. The minimum Gasteiger partial charge on any atom is -0.495 e. The Morgan fingerprint density at radius 3 is 2.72 bits per heavy atom.